The van der Waals surface area contributed by atoms with E-state index in [2.05, 4.69) is 34.7 Å². The van der Waals surface area contributed by atoms with Crippen LogP contribution >= 0.6 is 0 Å². The molecule has 9 heteroatoms. The third-order valence-corrected chi connectivity index (χ3v) is 8.29. The smallest absolute Gasteiger partial charge is 0.341 e. The van der Waals surface area contributed by atoms with E-state index in [4.69, 9.17) is 10.5 Å². The molecule has 202 valence electrons. The number of nitrogens with one attached hydrogen (secondary N) is 2. The van der Waals surface area contributed by atoms with Crippen LogP contribution in [0.15, 0.2) is 35.3 Å². The summed E-state index contributed by atoms with van der Waals surface area (Å²) in [7, 11) is 0. The van der Waals surface area contributed by atoms with Crippen molar-refractivity contribution in [1.82, 2.24) is 9.55 Å². The van der Waals surface area contributed by atoms with Crippen LogP contribution in [0.3, 0.4) is 0 Å². The number of hydrogen-bond acceptors (Lipinski definition) is 7. The van der Waals surface area contributed by atoms with E-state index in [-0.39, 0.29) is 22.2 Å². The van der Waals surface area contributed by atoms with Crippen LogP contribution in [0.25, 0.3) is 21.8 Å². The Bertz CT molecular complexity index is 1720. The van der Waals surface area contributed by atoms with Crippen LogP contribution in [0.2, 0.25) is 0 Å². The summed E-state index contributed by atoms with van der Waals surface area (Å²) in [6.07, 6.45) is 5.28. The fraction of sp³-hybridized carbons (Fsp3) is 0.367. The lowest BCUT2D eigenvalue weighted by molar-refractivity contribution is 0.0692. The number of benzene rings is 2. The summed E-state index contributed by atoms with van der Waals surface area (Å²) >= 11 is 0. The van der Waals surface area contributed by atoms with Gasteiger partial charge in [0.2, 0.25) is 5.43 Å². The van der Waals surface area contributed by atoms with Gasteiger partial charge in [0.05, 0.1) is 33.3 Å². The summed E-state index contributed by atoms with van der Waals surface area (Å²) in [5.41, 5.74) is 11.7. The molecule has 0 atom stereocenters. The monoisotopic (exact) mass is 527 g/mol. The minimum absolute atomic E-state index is 0.228. The summed E-state index contributed by atoms with van der Waals surface area (Å²) in [6, 6.07) is 8.28. The fourth-order valence-corrected chi connectivity index (χ4v) is 6.28. The van der Waals surface area contributed by atoms with Gasteiger partial charge in [-0.3, -0.25) is 9.78 Å². The molecule has 4 aromatic rings. The number of pyridine rings is 2. The number of carboxylic acids is 1. The Labute approximate surface area is 226 Å². The van der Waals surface area contributed by atoms with Gasteiger partial charge in [-0.25, -0.2) is 4.79 Å². The van der Waals surface area contributed by atoms with Crippen molar-refractivity contribution < 1.29 is 14.6 Å². The van der Waals surface area contributed by atoms with E-state index in [0.29, 0.717) is 36.5 Å². The molecule has 6 rings (SSSR count). The molecule has 3 heterocycles. The van der Waals surface area contributed by atoms with Gasteiger partial charge in [-0.05, 0) is 57.4 Å². The van der Waals surface area contributed by atoms with E-state index in [1.165, 1.54) is 11.8 Å². The molecule has 39 heavy (non-hydrogen) atoms. The predicted molar refractivity (Wildman–Crippen MR) is 154 cm³/mol. The van der Waals surface area contributed by atoms with Crippen LogP contribution in [0, 0.1) is 20.8 Å². The molecule has 9 nitrogen and oxygen atoms in total. The van der Waals surface area contributed by atoms with Gasteiger partial charge >= 0.3 is 5.97 Å². The summed E-state index contributed by atoms with van der Waals surface area (Å²) in [5, 5.41) is 18.1. The highest BCUT2D eigenvalue weighted by atomic mass is 16.5. The number of aryl methyl sites for hydroxylation is 2. The molecule has 1 fully saturated rings. The van der Waals surface area contributed by atoms with Crippen LogP contribution in [-0.4, -0.2) is 40.3 Å². The molecule has 5 N–H and O–H groups in total. The second kappa shape index (κ2) is 9.18. The van der Waals surface area contributed by atoms with Crippen LogP contribution in [-0.2, 0) is 5.54 Å². The molecule has 1 aliphatic heterocycles. The Balaban J connectivity index is 1.37. The molecule has 0 amide bonds. The largest absolute Gasteiger partial charge is 0.487 e. The maximum absolute atomic E-state index is 13.3. The van der Waals surface area contributed by atoms with E-state index >= 15 is 0 Å². The van der Waals surface area contributed by atoms with Crippen molar-refractivity contribution in [2.75, 3.05) is 36.1 Å². The van der Waals surface area contributed by atoms with E-state index in [1.54, 1.807) is 0 Å². The average Bonchev–Trinajstić information content (AvgIpc) is 3.37. The Morgan fingerprint density at radius 1 is 1.15 bits per heavy atom. The number of nitrogens with two attached hydrogens (primary N) is 1. The summed E-state index contributed by atoms with van der Waals surface area (Å²) in [4.78, 5) is 30.0. The first kappa shape index (κ1) is 25.0. The highest BCUT2D eigenvalue weighted by Crippen LogP contribution is 2.49. The zero-order valence-corrected chi connectivity index (χ0v) is 22.5. The molecule has 1 aliphatic carbocycles. The number of anilines is 3. The molecule has 0 radical (unpaired) electrons. The number of aromatic nitrogens is 2. The number of hydrogen-bond donors (Lipinski definition) is 4. The minimum atomic E-state index is -1.24. The van der Waals surface area contributed by atoms with Crippen LogP contribution < -0.4 is 26.5 Å². The first-order valence-electron chi connectivity index (χ1n) is 13.4. The fourth-order valence-electron chi connectivity index (χ4n) is 6.28. The lowest BCUT2D eigenvalue weighted by Crippen LogP contribution is -2.42. The number of aromatic carboxylic acids is 1. The molecule has 2 aromatic carbocycles. The molecule has 0 saturated heterocycles. The van der Waals surface area contributed by atoms with Gasteiger partial charge < -0.3 is 30.8 Å². The van der Waals surface area contributed by atoms with Crippen molar-refractivity contribution in [1.29, 1.82) is 0 Å². The molecular formula is C30H33N5O4. The molecule has 0 unspecified atom stereocenters. The number of carbonyl (C=O) groups is 1. The van der Waals surface area contributed by atoms with Crippen LogP contribution in [0.4, 0.5) is 17.1 Å². The standard InChI is InChI=1S/C30H33N5O4/c1-16-6-7-21-19(12-16)22(13-17(2)34-21)32-10-11-33-25-18(3)24(31)23-26-28(25)39-15-30(8-4-5-9-30)35(26)14-20(27(23)36)29(37)38/h6-7,12-14,33H,4-5,8-11,15,31H2,1-3H3,(H,32,34)(H,37,38). The van der Waals surface area contributed by atoms with Gasteiger partial charge in [0, 0.05) is 36.1 Å². The zero-order valence-electron chi connectivity index (χ0n) is 22.5. The molecular weight excluding hydrogens is 494 g/mol. The molecule has 1 spiro atoms. The van der Waals surface area contributed by atoms with E-state index in [9.17, 15) is 14.7 Å². The van der Waals surface area contributed by atoms with Gasteiger partial charge in [0.15, 0.2) is 5.75 Å². The second-order valence-electron chi connectivity index (χ2n) is 10.9. The lowest BCUT2D eigenvalue weighted by atomic mass is 9.92. The van der Waals surface area contributed by atoms with E-state index < -0.39 is 11.4 Å². The first-order chi connectivity index (χ1) is 18.7. The summed E-state index contributed by atoms with van der Waals surface area (Å²) in [5.74, 6) is -0.685. The highest BCUT2D eigenvalue weighted by molar-refractivity contribution is 6.05. The molecule has 1 saturated carbocycles. The van der Waals surface area contributed by atoms with Gasteiger partial charge in [-0.1, -0.05) is 24.5 Å². The van der Waals surface area contributed by atoms with Gasteiger partial charge in [0.1, 0.15) is 12.2 Å². The Kier molecular flexibility index (Phi) is 5.89. The van der Waals surface area contributed by atoms with Crippen LogP contribution in [0.1, 0.15) is 52.9 Å². The Morgan fingerprint density at radius 2 is 1.90 bits per heavy atom. The Hall–Kier alpha value is -4.27. The third kappa shape index (κ3) is 3.95. The normalized spacial score (nSPS) is 15.6. The lowest BCUT2D eigenvalue weighted by Gasteiger charge is -2.39. The van der Waals surface area contributed by atoms with Crippen molar-refractivity contribution in [3.05, 3.63) is 63.1 Å². The predicted octanol–water partition coefficient (Wildman–Crippen LogP) is 4.94. The molecule has 0 bridgehead atoms. The average molecular weight is 528 g/mol. The van der Waals surface area contributed by atoms with Crippen molar-refractivity contribution in [3.63, 3.8) is 0 Å². The second-order valence-corrected chi connectivity index (χ2v) is 10.9. The number of carboxylic acid groups (broad SMARTS) is 1. The van der Waals surface area contributed by atoms with E-state index in [0.717, 1.165) is 53.7 Å². The highest BCUT2D eigenvalue weighted by Gasteiger charge is 2.42. The SMILES string of the molecule is Cc1ccc2nc(C)cc(NCCNc3c(C)c(N)c4c(=O)c(C(=O)O)cn5c4c3OCC53CCCC3)c2c1. The van der Waals surface area contributed by atoms with Gasteiger partial charge in [-0.15, -0.1) is 0 Å². The maximum atomic E-state index is 13.3. The number of rotatable bonds is 6. The Morgan fingerprint density at radius 3 is 2.64 bits per heavy atom. The van der Waals surface area contributed by atoms with Gasteiger partial charge in [0.25, 0.3) is 0 Å². The number of nitrogen functional groups attached to an aromatic ring is 1. The van der Waals surface area contributed by atoms with E-state index in [1.807, 2.05) is 30.5 Å². The van der Waals surface area contributed by atoms with Crippen LogP contribution in [0.5, 0.6) is 5.75 Å². The minimum Gasteiger partial charge on any atom is -0.487 e. The van der Waals surface area contributed by atoms with Crippen molar-refractivity contribution in [3.8, 4) is 5.75 Å². The maximum Gasteiger partial charge on any atom is 0.341 e. The molecule has 2 aromatic heterocycles. The van der Waals surface area contributed by atoms with Crippen molar-refractivity contribution in [2.45, 2.75) is 52.0 Å². The number of fused-ring (bicyclic) bond motifs is 2. The first-order valence-corrected chi connectivity index (χ1v) is 13.4. The summed E-state index contributed by atoms with van der Waals surface area (Å²) < 4.78 is 8.38. The van der Waals surface area contributed by atoms with Crippen molar-refractivity contribution in [2.24, 2.45) is 0 Å². The summed E-state index contributed by atoms with van der Waals surface area (Å²) in [6.45, 7) is 7.51. The van der Waals surface area contributed by atoms with Gasteiger partial charge in [-0.2, -0.15) is 0 Å². The quantitative estimate of drug-likeness (QED) is 0.205. The zero-order chi connectivity index (χ0) is 27.5. The topological polar surface area (TPSA) is 131 Å². The number of nitrogens with zero attached hydrogens (tertiary/aromatic N) is 2. The molecule has 2 aliphatic rings. The third-order valence-electron chi connectivity index (χ3n) is 8.29. The number of ether oxygens (including phenoxy) is 1. The van der Waals surface area contributed by atoms with Crippen molar-refractivity contribution >= 4 is 44.8 Å².